The summed E-state index contributed by atoms with van der Waals surface area (Å²) in [5, 5.41) is 5.60. The molecular formula is C17H19FN2O. The quantitative estimate of drug-likeness (QED) is 0.881. The second-order valence-electron chi connectivity index (χ2n) is 5.08. The van der Waals surface area contributed by atoms with Crippen molar-refractivity contribution in [1.82, 2.24) is 5.32 Å². The molecule has 2 amide bonds. The molecule has 0 spiro atoms. The molecule has 0 heterocycles. The van der Waals surface area contributed by atoms with Gasteiger partial charge >= 0.3 is 6.03 Å². The smallest absolute Gasteiger partial charge is 0.319 e. The SMILES string of the molecule is Cc1ccc(C)c(NC(=O)NCCc2cccc(F)c2)c1. The first-order valence-electron chi connectivity index (χ1n) is 6.91. The highest BCUT2D eigenvalue weighted by atomic mass is 19.1. The molecule has 0 aliphatic heterocycles. The van der Waals surface area contributed by atoms with E-state index in [2.05, 4.69) is 10.6 Å². The fourth-order valence-corrected chi connectivity index (χ4v) is 2.05. The topological polar surface area (TPSA) is 41.1 Å². The van der Waals surface area contributed by atoms with Gasteiger partial charge in [-0.15, -0.1) is 0 Å². The summed E-state index contributed by atoms with van der Waals surface area (Å²) < 4.78 is 13.0. The molecule has 0 radical (unpaired) electrons. The zero-order chi connectivity index (χ0) is 15.2. The highest BCUT2D eigenvalue weighted by Crippen LogP contribution is 2.15. The van der Waals surface area contributed by atoms with Gasteiger partial charge in [0.1, 0.15) is 5.82 Å². The lowest BCUT2D eigenvalue weighted by Gasteiger charge is -2.10. The monoisotopic (exact) mass is 286 g/mol. The Balaban J connectivity index is 1.84. The van der Waals surface area contributed by atoms with Gasteiger partial charge in [0.2, 0.25) is 0 Å². The Morgan fingerprint density at radius 1 is 1.14 bits per heavy atom. The molecule has 0 saturated heterocycles. The Labute approximate surface area is 124 Å². The lowest BCUT2D eigenvalue weighted by molar-refractivity contribution is 0.252. The van der Waals surface area contributed by atoms with Crippen LogP contribution in [-0.4, -0.2) is 12.6 Å². The summed E-state index contributed by atoms with van der Waals surface area (Å²) in [5.41, 5.74) is 3.77. The van der Waals surface area contributed by atoms with Crippen molar-refractivity contribution in [3.05, 3.63) is 65.0 Å². The molecule has 0 unspecified atom stereocenters. The lowest BCUT2D eigenvalue weighted by atomic mass is 10.1. The third kappa shape index (κ3) is 4.60. The summed E-state index contributed by atoms with van der Waals surface area (Å²) in [6.07, 6.45) is 0.595. The van der Waals surface area contributed by atoms with Gasteiger partial charge in [-0.05, 0) is 55.2 Å². The van der Waals surface area contributed by atoms with Crippen LogP contribution in [0.15, 0.2) is 42.5 Å². The number of hydrogen-bond acceptors (Lipinski definition) is 1. The summed E-state index contributed by atoms with van der Waals surface area (Å²) in [6, 6.07) is 12.0. The number of anilines is 1. The largest absolute Gasteiger partial charge is 0.338 e. The van der Waals surface area contributed by atoms with E-state index in [-0.39, 0.29) is 11.8 Å². The van der Waals surface area contributed by atoms with Crippen molar-refractivity contribution >= 4 is 11.7 Å². The van der Waals surface area contributed by atoms with E-state index in [4.69, 9.17) is 0 Å². The Morgan fingerprint density at radius 2 is 1.95 bits per heavy atom. The highest BCUT2D eigenvalue weighted by molar-refractivity contribution is 5.90. The summed E-state index contributed by atoms with van der Waals surface area (Å²) in [5.74, 6) is -0.257. The van der Waals surface area contributed by atoms with Crippen molar-refractivity contribution in [2.45, 2.75) is 20.3 Å². The number of carbonyl (C=O) groups excluding carboxylic acids is 1. The average Bonchev–Trinajstić information content (AvgIpc) is 2.43. The first-order chi connectivity index (χ1) is 10.0. The normalized spacial score (nSPS) is 10.2. The van der Waals surface area contributed by atoms with Crippen molar-refractivity contribution in [3.63, 3.8) is 0 Å². The van der Waals surface area contributed by atoms with E-state index in [1.165, 1.54) is 12.1 Å². The fraction of sp³-hybridized carbons (Fsp3) is 0.235. The highest BCUT2D eigenvalue weighted by Gasteiger charge is 2.04. The van der Waals surface area contributed by atoms with Crippen molar-refractivity contribution in [3.8, 4) is 0 Å². The minimum atomic E-state index is -0.257. The number of halogens is 1. The molecule has 21 heavy (non-hydrogen) atoms. The molecule has 0 aromatic heterocycles. The maximum absolute atomic E-state index is 13.0. The zero-order valence-electron chi connectivity index (χ0n) is 12.2. The molecular weight excluding hydrogens is 267 g/mol. The number of aryl methyl sites for hydroxylation is 2. The van der Waals surface area contributed by atoms with Crippen molar-refractivity contribution in [2.75, 3.05) is 11.9 Å². The molecule has 2 aromatic carbocycles. The van der Waals surface area contributed by atoms with Crippen molar-refractivity contribution in [2.24, 2.45) is 0 Å². The van der Waals surface area contributed by atoms with Crippen LogP contribution in [0.3, 0.4) is 0 Å². The van der Waals surface area contributed by atoms with E-state index in [1.807, 2.05) is 38.1 Å². The molecule has 0 bridgehead atoms. The number of benzene rings is 2. The van der Waals surface area contributed by atoms with E-state index < -0.39 is 0 Å². The van der Waals surface area contributed by atoms with Crippen LogP contribution in [0, 0.1) is 19.7 Å². The predicted molar refractivity (Wildman–Crippen MR) is 83.0 cm³/mol. The van der Waals surface area contributed by atoms with E-state index >= 15 is 0 Å². The first-order valence-corrected chi connectivity index (χ1v) is 6.91. The summed E-state index contributed by atoms with van der Waals surface area (Å²) in [6.45, 7) is 4.38. The van der Waals surface area contributed by atoms with Gasteiger partial charge in [-0.3, -0.25) is 0 Å². The third-order valence-corrected chi connectivity index (χ3v) is 3.23. The number of amides is 2. The lowest BCUT2D eigenvalue weighted by Crippen LogP contribution is -2.30. The molecule has 110 valence electrons. The van der Waals surface area contributed by atoms with Gasteiger partial charge in [-0.25, -0.2) is 9.18 Å². The molecule has 2 N–H and O–H groups in total. The Morgan fingerprint density at radius 3 is 2.71 bits per heavy atom. The van der Waals surface area contributed by atoms with Crippen LogP contribution in [0.5, 0.6) is 0 Å². The number of rotatable bonds is 4. The van der Waals surface area contributed by atoms with Gasteiger partial charge in [0, 0.05) is 12.2 Å². The maximum atomic E-state index is 13.0. The molecule has 3 nitrogen and oxygen atoms in total. The van der Waals surface area contributed by atoms with Gasteiger partial charge in [-0.1, -0.05) is 24.3 Å². The van der Waals surface area contributed by atoms with Crippen molar-refractivity contribution in [1.29, 1.82) is 0 Å². The Bertz CT molecular complexity index is 640. The van der Waals surface area contributed by atoms with E-state index in [9.17, 15) is 9.18 Å². The van der Waals surface area contributed by atoms with Gasteiger partial charge in [0.05, 0.1) is 0 Å². The Hall–Kier alpha value is -2.36. The van der Waals surface area contributed by atoms with Crippen LogP contribution in [0.1, 0.15) is 16.7 Å². The van der Waals surface area contributed by atoms with Crippen LogP contribution in [0.4, 0.5) is 14.9 Å². The van der Waals surface area contributed by atoms with Gasteiger partial charge < -0.3 is 10.6 Å². The van der Waals surface area contributed by atoms with Gasteiger partial charge in [-0.2, -0.15) is 0 Å². The molecule has 0 saturated carbocycles. The minimum Gasteiger partial charge on any atom is -0.338 e. The molecule has 2 aromatic rings. The van der Waals surface area contributed by atoms with Crippen LogP contribution < -0.4 is 10.6 Å². The van der Waals surface area contributed by atoms with E-state index in [1.54, 1.807) is 6.07 Å². The maximum Gasteiger partial charge on any atom is 0.319 e. The fourth-order valence-electron chi connectivity index (χ4n) is 2.05. The van der Waals surface area contributed by atoms with E-state index in [0.29, 0.717) is 13.0 Å². The number of urea groups is 1. The molecule has 0 fully saturated rings. The zero-order valence-corrected chi connectivity index (χ0v) is 12.2. The van der Waals surface area contributed by atoms with Gasteiger partial charge in [0.25, 0.3) is 0 Å². The average molecular weight is 286 g/mol. The van der Waals surface area contributed by atoms with Gasteiger partial charge in [0.15, 0.2) is 0 Å². The van der Waals surface area contributed by atoms with Crippen LogP contribution in [0.2, 0.25) is 0 Å². The minimum absolute atomic E-state index is 0.250. The van der Waals surface area contributed by atoms with Crippen LogP contribution >= 0.6 is 0 Å². The molecule has 0 atom stereocenters. The molecule has 0 aliphatic carbocycles. The summed E-state index contributed by atoms with van der Waals surface area (Å²) >= 11 is 0. The van der Waals surface area contributed by atoms with Crippen LogP contribution in [-0.2, 0) is 6.42 Å². The Kier molecular flexibility index (Phi) is 4.93. The number of nitrogens with one attached hydrogen (secondary N) is 2. The van der Waals surface area contributed by atoms with Crippen LogP contribution in [0.25, 0.3) is 0 Å². The number of hydrogen-bond donors (Lipinski definition) is 2. The third-order valence-electron chi connectivity index (χ3n) is 3.23. The second kappa shape index (κ2) is 6.88. The molecule has 2 rings (SSSR count). The first kappa shape index (κ1) is 15.0. The van der Waals surface area contributed by atoms with E-state index in [0.717, 1.165) is 22.4 Å². The summed E-state index contributed by atoms with van der Waals surface area (Å²) in [7, 11) is 0. The number of carbonyl (C=O) groups is 1. The standard InChI is InChI=1S/C17H19FN2O/c1-12-6-7-13(2)16(10-12)20-17(21)19-9-8-14-4-3-5-15(18)11-14/h3-7,10-11H,8-9H2,1-2H3,(H2,19,20,21). The predicted octanol–water partition coefficient (Wildman–Crippen LogP) is 3.81. The summed E-state index contributed by atoms with van der Waals surface area (Å²) in [4.78, 5) is 11.8. The van der Waals surface area contributed by atoms with Crippen molar-refractivity contribution < 1.29 is 9.18 Å². The molecule has 4 heteroatoms. The second-order valence-corrected chi connectivity index (χ2v) is 5.08. The molecule has 0 aliphatic rings.